The highest BCUT2D eigenvalue weighted by atomic mass is 32.2. The van der Waals surface area contributed by atoms with Gasteiger partial charge in [-0.1, -0.05) is 29.0 Å². The van der Waals surface area contributed by atoms with Gasteiger partial charge in [-0.2, -0.15) is 0 Å². The van der Waals surface area contributed by atoms with Crippen molar-refractivity contribution in [2.45, 2.75) is 31.7 Å². The number of aryl methyl sites for hydroxylation is 1. The number of nitrogens with zero attached hydrogens (tertiary/aromatic N) is 2. The van der Waals surface area contributed by atoms with Crippen LogP contribution in [-0.2, 0) is 14.8 Å². The van der Waals surface area contributed by atoms with Gasteiger partial charge in [0.15, 0.2) is 0 Å². The minimum Gasteiger partial charge on any atom is -0.497 e. The highest BCUT2D eigenvalue weighted by Gasteiger charge is 2.27. The van der Waals surface area contributed by atoms with Gasteiger partial charge in [0.05, 0.1) is 27.9 Å². The number of anilines is 2. The molecule has 3 aromatic carbocycles. The van der Waals surface area contributed by atoms with E-state index in [2.05, 4.69) is 5.32 Å². The molecule has 0 bridgehead atoms. The number of hydrogen-bond donors (Lipinski definition) is 1. The Bertz CT molecular complexity index is 1550. The number of fused-ring (bicyclic) bond motifs is 1. The van der Waals surface area contributed by atoms with Crippen molar-refractivity contribution in [3.63, 3.8) is 0 Å². The highest BCUT2D eigenvalue weighted by molar-refractivity contribution is 7.92. The van der Waals surface area contributed by atoms with E-state index in [0.717, 1.165) is 31.4 Å². The minimum absolute atomic E-state index is 0.0120. The zero-order chi connectivity index (χ0) is 26.0. The number of methoxy groups -OCH3 is 1. The Balaban J connectivity index is 1.64. The third-order valence-corrected chi connectivity index (χ3v) is 8.38. The summed E-state index contributed by atoms with van der Waals surface area (Å²) in [5.74, 6) is 0.0141. The number of sulfonamides is 1. The number of rotatable bonds is 8. The van der Waals surface area contributed by atoms with Crippen LogP contribution in [-0.4, -0.2) is 32.5 Å². The summed E-state index contributed by atoms with van der Waals surface area (Å²) in [7, 11) is -2.55. The van der Waals surface area contributed by atoms with Crippen molar-refractivity contribution < 1.29 is 17.9 Å². The summed E-state index contributed by atoms with van der Waals surface area (Å²) >= 11 is 1.10. The van der Waals surface area contributed by atoms with Crippen LogP contribution in [0.15, 0.2) is 76.4 Å². The van der Waals surface area contributed by atoms with E-state index in [1.54, 1.807) is 59.2 Å². The van der Waals surface area contributed by atoms with E-state index >= 15 is 0 Å². The molecule has 0 aliphatic rings. The SMILES string of the molecule is COc1ccc(S(=O)(=O)N(CC(=O)Nc2ccc3c(c2)sc(=O)n3C(C)C)c2ccc(C)cc2)cc1. The van der Waals surface area contributed by atoms with E-state index < -0.39 is 22.5 Å². The van der Waals surface area contributed by atoms with Crippen molar-refractivity contribution in [3.05, 3.63) is 82.0 Å². The number of amides is 1. The number of hydrogen-bond acceptors (Lipinski definition) is 6. The summed E-state index contributed by atoms with van der Waals surface area (Å²) in [4.78, 5) is 25.4. The number of carbonyl (C=O) groups is 1. The van der Waals surface area contributed by atoms with Crippen LogP contribution in [0.3, 0.4) is 0 Å². The first-order chi connectivity index (χ1) is 17.1. The van der Waals surface area contributed by atoms with Crippen molar-refractivity contribution in [2.24, 2.45) is 0 Å². The Morgan fingerprint density at radius 3 is 2.33 bits per heavy atom. The normalized spacial score (nSPS) is 11.6. The second-order valence-electron chi connectivity index (χ2n) is 8.59. The third-order valence-electron chi connectivity index (χ3n) is 5.67. The number of nitrogens with one attached hydrogen (secondary N) is 1. The van der Waals surface area contributed by atoms with Gasteiger partial charge in [0.1, 0.15) is 12.3 Å². The maximum absolute atomic E-state index is 13.6. The average Bonchev–Trinajstić information content (AvgIpc) is 3.18. The summed E-state index contributed by atoms with van der Waals surface area (Å²) in [5.41, 5.74) is 2.61. The van der Waals surface area contributed by atoms with E-state index in [1.165, 1.54) is 19.2 Å². The fraction of sp³-hybridized carbons (Fsp3) is 0.231. The van der Waals surface area contributed by atoms with Crippen LogP contribution in [0.1, 0.15) is 25.5 Å². The number of thiazole rings is 1. The lowest BCUT2D eigenvalue weighted by Gasteiger charge is -2.24. The van der Waals surface area contributed by atoms with Gasteiger partial charge in [-0.05, 0) is 75.4 Å². The van der Waals surface area contributed by atoms with Crippen molar-refractivity contribution in [2.75, 3.05) is 23.3 Å². The Kier molecular flexibility index (Phi) is 7.18. The molecule has 4 rings (SSSR count). The van der Waals surface area contributed by atoms with Gasteiger partial charge in [-0.25, -0.2) is 8.42 Å². The second-order valence-corrected chi connectivity index (χ2v) is 11.4. The van der Waals surface area contributed by atoms with E-state index in [9.17, 15) is 18.0 Å². The lowest BCUT2D eigenvalue weighted by atomic mass is 10.2. The predicted molar refractivity (Wildman–Crippen MR) is 144 cm³/mol. The standard InChI is InChI=1S/C26H27N3O5S2/c1-17(2)29-23-14-7-19(15-24(23)35-26(29)31)27-25(30)16-28(20-8-5-18(3)6-9-20)36(32,33)22-12-10-21(34-4)11-13-22/h5-15,17H,16H2,1-4H3,(H,27,30). The Hall–Kier alpha value is -3.63. The summed E-state index contributed by atoms with van der Waals surface area (Å²) in [6, 6.07) is 18.2. The molecular weight excluding hydrogens is 498 g/mol. The lowest BCUT2D eigenvalue weighted by Crippen LogP contribution is -2.38. The fourth-order valence-corrected chi connectivity index (χ4v) is 6.31. The third kappa shape index (κ3) is 5.14. The molecule has 10 heteroatoms. The maximum Gasteiger partial charge on any atom is 0.308 e. The molecule has 0 unspecified atom stereocenters. The van der Waals surface area contributed by atoms with Gasteiger partial charge in [0.25, 0.3) is 10.0 Å². The first kappa shape index (κ1) is 25.5. The minimum atomic E-state index is -4.05. The molecule has 0 aliphatic carbocycles. The van der Waals surface area contributed by atoms with E-state index in [1.807, 2.05) is 20.8 Å². The van der Waals surface area contributed by atoms with Crippen LogP contribution >= 0.6 is 11.3 Å². The molecule has 1 amide bonds. The lowest BCUT2D eigenvalue weighted by molar-refractivity contribution is -0.114. The van der Waals surface area contributed by atoms with Gasteiger partial charge < -0.3 is 10.1 Å². The van der Waals surface area contributed by atoms with Crippen LogP contribution in [0.2, 0.25) is 0 Å². The number of benzene rings is 3. The van der Waals surface area contributed by atoms with Gasteiger partial charge in [0, 0.05) is 11.7 Å². The van der Waals surface area contributed by atoms with Crippen LogP contribution < -0.4 is 19.2 Å². The second kappa shape index (κ2) is 10.2. The molecule has 188 valence electrons. The Labute approximate surface area is 213 Å². The monoisotopic (exact) mass is 525 g/mol. The average molecular weight is 526 g/mol. The Morgan fingerprint density at radius 2 is 1.72 bits per heavy atom. The molecule has 0 saturated heterocycles. The van der Waals surface area contributed by atoms with Crippen molar-refractivity contribution in [1.82, 2.24) is 4.57 Å². The molecule has 4 aromatic rings. The number of carbonyl (C=O) groups excluding carboxylic acids is 1. The summed E-state index contributed by atoms with van der Waals surface area (Å²) in [6.07, 6.45) is 0. The molecule has 0 atom stereocenters. The smallest absolute Gasteiger partial charge is 0.308 e. The molecule has 0 radical (unpaired) electrons. The van der Waals surface area contributed by atoms with Gasteiger partial charge in [-0.15, -0.1) is 0 Å². The molecule has 1 aromatic heterocycles. The quantitative estimate of drug-likeness (QED) is 0.357. The van der Waals surface area contributed by atoms with Gasteiger partial charge in [-0.3, -0.25) is 18.5 Å². The van der Waals surface area contributed by atoms with E-state index in [0.29, 0.717) is 17.1 Å². The molecule has 0 fully saturated rings. The molecule has 1 N–H and O–H groups in total. The number of aromatic nitrogens is 1. The first-order valence-corrected chi connectivity index (χ1v) is 13.5. The topological polar surface area (TPSA) is 97.7 Å². The summed E-state index contributed by atoms with van der Waals surface area (Å²) < 4.78 is 35.8. The zero-order valence-corrected chi connectivity index (χ0v) is 22.0. The maximum atomic E-state index is 13.6. The molecular formula is C26H27N3O5S2. The van der Waals surface area contributed by atoms with Crippen molar-refractivity contribution in [1.29, 1.82) is 0 Å². The van der Waals surface area contributed by atoms with Gasteiger partial charge in [0.2, 0.25) is 5.91 Å². The van der Waals surface area contributed by atoms with Crippen molar-refractivity contribution in [3.8, 4) is 5.75 Å². The van der Waals surface area contributed by atoms with Crippen molar-refractivity contribution >= 4 is 48.9 Å². The first-order valence-electron chi connectivity index (χ1n) is 11.3. The molecule has 36 heavy (non-hydrogen) atoms. The largest absolute Gasteiger partial charge is 0.497 e. The van der Waals surface area contributed by atoms with Crippen LogP contribution in [0.4, 0.5) is 11.4 Å². The van der Waals surface area contributed by atoms with Crippen LogP contribution in [0.25, 0.3) is 10.2 Å². The molecule has 1 heterocycles. The summed E-state index contributed by atoms with van der Waals surface area (Å²) in [5, 5.41) is 2.78. The molecule has 0 saturated carbocycles. The molecule has 8 nitrogen and oxygen atoms in total. The summed E-state index contributed by atoms with van der Waals surface area (Å²) in [6.45, 7) is 5.34. The number of ether oxygens (including phenoxy) is 1. The Morgan fingerprint density at radius 1 is 1.06 bits per heavy atom. The molecule has 0 aliphatic heterocycles. The highest BCUT2D eigenvalue weighted by Crippen LogP contribution is 2.27. The van der Waals surface area contributed by atoms with Gasteiger partial charge >= 0.3 is 4.87 Å². The van der Waals surface area contributed by atoms with E-state index in [-0.39, 0.29) is 15.8 Å². The fourth-order valence-electron chi connectivity index (χ4n) is 3.84. The molecule has 0 spiro atoms. The zero-order valence-electron chi connectivity index (χ0n) is 20.4. The predicted octanol–water partition coefficient (Wildman–Crippen LogP) is 4.79. The van der Waals surface area contributed by atoms with Crippen LogP contribution in [0, 0.1) is 6.92 Å². The van der Waals surface area contributed by atoms with Crippen LogP contribution in [0.5, 0.6) is 5.75 Å². The van der Waals surface area contributed by atoms with E-state index in [4.69, 9.17) is 4.74 Å².